The molecule has 0 aromatic heterocycles. The molecular weight excluding hydrogens is 390 g/mol. The third kappa shape index (κ3) is 4.99. The Morgan fingerprint density at radius 2 is 1.52 bits per heavy atom. The first-order valence-corrected chi connectivity index (χ1v) is 10.2. The number of aromatic hydroxyl groups is 1. The van der Waals surface area contributed by atoms with Gasteiger partial charge in [0.2, 0.25) is 0 Å². The van der Waals surface area contributed by atoms with Gasteiger partial charge in [0.15, 0.2) is 0 Å². The van der Waals surface area contributed by atoms with E-state index in [1.54, 1.807) is 66.7 Å². The van der Waals surface area contributed by atoms with Crippen LogP contribution in [0.1, 0.15) is 5.56 Å². The molecule has 7 nitrogen and oxygen atoms in total. The molecule has 0 heterocycles. The van der Waals surface area contributed by atoms with Crippen molar-refractivity contribution in [2.75, 3.05) is 10.8 Å². The van der Waals surface area contributed by atoms with Gasteiger partial charge in [-0.3, -0.25) is 9.10 Å². The van der Waals surface area contributed by atoms with Gasteiger partial charge in [-0.2, -0.15) is 5.10 Å². The van der Waals surface area contributed by atoms with Gasteiger partial charge >= 0.3 is 0 Å². The van der Waals surface area contributed by atoms with Gasteiger partial charge < -0.3 is 5.11 Å². The summed E-state index contributed by atoms with van der Waals surface area (Å²) in [5, 5.41) is 13.5. The van der Waals surface area contributed by atoms with Crippen molar-refractivity contribution in [1.82, 2.24) is 5.43 Å². The van der Waals surface area contributed by atoms with E-state index in [4.69, 9.17) is 0 Å². The minimum absolute atomic E-state index is 0.0167. The number of amides is 1. The third-order valence-electron chi connectivity index (χ3n) is 3.99. The Balaban J connectivity index is 1.81. The largest absolute Gasteiger partial charge is 0.507 e. The van der Waals surface area contributed by atoms with E-state index in [-0.39, 0.29) is 10.6 Å². The fourth-order valence-electron chi connectivity index (χ4n) is 2.57. The van der Waals surface area contributed by atoms with Crippen LogP contribution in [0.15, 0.2) is 94.9 Å². The number of anilines is 1. The van der Waals surface area contributed by atoms with Crippen molar-refractivity contribution in [3.8, 4) is 5.75 Å². The number of phenols is 1. The monoisotopic (exact) mass is 409 g/mol. The lowest BCUT2D eigenvalue weighted by atomic mass is 10.2. The van der Waals surface area contributed by atoms with E-state index in [0.717, 1.165) is 4.31 Å². The number of hydrazone groups is 1. The van der Waals surface area contributed by atoms with Gasteiger partial charge in [-0.25, -0.2) is 13.8 Å². The summed E-state index contributed by atoms with van der Waals surface area (Å²) in [6.07, 6.45) is 1.28. The summed E-state index contributed by atoms with van der Waals surface area (Å²) in [7, 11) is -3.95. The van der Waals surface area contributed by atoms with E-state index in [1.165, 1.54) is 24.4 Å². The minimum atomic E-state index is -3.95. The van der Waals surface area contributed by atoms with Crippen molar-refractivity contribution < 1.29 is 18.3 Å². The van der Waals surface area contributed by atoms with Crippen molar-refractivity contribution in [2.45, 2.75) is 4.90 Å². The van der Waals surface area contributed by atoms with Crippen LogP contribution in [0.25, 0.3) is 0 Å². The van der Waals surface area contributed by atoms with Crippen LogP contribution >= 0.6 is 0 Å². The Morgan fingerprint density at radius 3 is 2.17 bits per heavy atom. The van der Waals surface area contributed by atoms with E-state index >= 15 is 0 Å². The lowest BCUT2D eigenvalue weighted by Crippen LogP contribution is -2.39. The molecule has 0 radical (unpaired) electrons. The first kappa shape index (κ1) is 20.1. The molecule has 0 saturated heterocycles. The number of nitrogens with zero attached hydrogens (tertiary/aromatic N) is 2. The molecule has 3 rings (SSSR count). The molecule has 0 aliphatic carbocycles. The van der Waals surface area contributed by atoms with Crippen molar-refractivity contribution in [3.63, 3.8) is 0 Å². The number of rotatable bonds is 7. The van der Waals surface area contributed by atoms with Crippen LogP contribution in [0.2, 0.25) is 0 Å². The molecule has 0 fully saturated rings. The zero-order valence-corrected chi connectivity index (χ0v) is 16.2. The number of nitrogens with one attached hydrogen (secondary N) is 1. The molecule has 0 saturated carbocycles. The molecular formula is C21H19N3O4S. The van der Waals surface area contributed by atoms with Crippen LogP contribution in [0.3, 0.4) is 0 Å². The van der Waals surface area contributed by atoms with Crippen LogP contribution in [-0.2, 0) is 14.8 Å². The molecule has 8 heteroatoms. The van der Waals surface area contributed by atoms with Gasteiger partial charge in [-0.05, 0) is 36.4 Å². The molecule has 0 unspecified atom stereocenters. The van der Waals surface area contributed by atoms with E-state index < -0.39 is 22.5 Å². The van der Waals surface area contributed by atoms with Crippen LogP contribution in [-0.4, -0.2) is 32.2 Å². The Bertz CT molecular complexity index is 1100. The van der Waals surface area contributed by atoms with Crippen molar-refractivity contribution in [3.05, 3.63) is 90.5 Å². The Kier molecular flexibility index (Phi) is 6.25. The Hall–Kier alpha value is -3.65. The van der Waals surface area contributed by atoms with E-state index in [0.29, 0.717) is 11.3 Å². The Morgan fingerprint density at radius 1 is 0.931 bits per heavy atom. The van der Waals surface area contributed by atoms with Crippen molar-refractivity contribution >= 4 is 27.8 Å². The molecule has 3 aromatic carbocycles. The van der Waals surface area contributed by atoms with Gasteiger partial charge in [0.05, 0.1) is 16.8 Å². The van der Waals surface area contributed by atoms with Crippen LogP contribution in [0.4, 0.5) is 5.69 Å². The molecule has 148 valence electrons. The SMILES string of the molecule is O=C(CN(c1ccccc1)S(=O)(=O)c1ccccc1)N/N=C/c1ccccc1O. The second kappa shape index (κ2) is 9.03. The average molecular weight is 409 g/mol. The maximum absolute atomic E-state index is 13.1. The van der Waals surface area contributed by atoms with Crippen molar-refractivity contribution in [1.29, 1.82) is 0 Å². The summed E-state index contributed by atoms with van der Waals surface area (Å²) < 4.78 is 27.2. The van der Waals surface area contributed by atoms with Crippen LogP contribution < -0.4 is 9.73 Å². The highest BCUT2D eigenvalue weighted by Crippen LogP contribution is 2.23. The fraction of sp³-hybridized carbons (Fsp3) is 0.0476. The lowest BCUT2D eigenvalue weighted by Gasteiger charge is -2.23. The summed E-state index contributed by atoms with van der Waals surface area (Å²) in [6, 6.07) is 22.8. The predicted molar refractivity (Wildman–Crippen MR) is 111 cm³/mol. The fourth-order valence-corrected chi connectivity index (χ4v) is 4.01. The third-order valence-corrected chi connectivity index (χ3v) is 5.78. The standard InChI is InChI=1S/C21H19N3O4S/c25-20-14-8-7-9-17(20)15-22-23-21(26)16-24(18-10-3-1-4-11-18)29(27,28)19-12-5-2-6-13-19/h1-15,25H,16H2,(H,23,26)/b22-15+. The normalized spacial score (nSPS) is 11.3. The molecule has 0 spiro atoms. The molecule has 0 aliphatic rings. The summed E-state index contributed by atoms with van der Waals surface area (Å²) >= 11 is 0. The van der Waals surface area contributed by atoms with Gasteiger partial charge in [0.25, 0.3) is 15.9 Å². The predicted octanol–water partition coefficient (Wildman–Crippen LogP) is 2.74. The maximum Gasteiger partial charge on any atom is 0.264 e. The van der Waals surface area contributed by atoms with Gasteiger partial charge in [0.1, 0.15) is 12.3 Å². The molecule has 0 atom stereocenters. The number of carbonyl (C=O) groups excluding carboxylic acids is 1. The van der Waals surface area contributed by atoms with E-state index in [9.17, 15) is 18.3 Å². The van der Waals surface area contributed by atoms with Gasteiger partial charge in [-0.1, -0.05) is 48.5 Å². The highest BCUT2D eigenvalue weighted by molar-refractivity contribution is 7.92. The zero-order valence-electron chi connectivity index (χ0n) is 15.3. The lowest BCUT2D eigenvalue weighted by molar-refractivity contribution is -0.119. The van der Waals surface area contributed by atoms with E-state index in [2.05, 4.69) is 10.5 Å². The number of carbonyl (C=O) groups is 1. The number of hydrogen-bond acceptors (Lipinski definition) is 5. The molecule has 29 heavy (non-hydrogen) atoms. The second-order valence-electron chi connectivity index (χ2n) is 6.01. The number of hydrogen-bond donors (Lipinski definition) is 2. The molecule has 3 aromatic rings. The molecule has 0 bridgehead atoms. The van der Waals surface area contributed by atoms with Gasteiger partial charge in [0, 0.05) is 5.56 Å². The highest BCUT2D eigenvalue weighted by Gasteiger charge is 2.26. The maximum atomic E-state index is 13.1. The topological polar surface area (TPSA) is 99.1 Å². The molecule has 1 amide bonds. The first-order chi connectivity index (χ1) is 14.0. The average Bonchev–Trinajstić information content (AvgIpc) is 2.74. The molecule has 2 N–H and O–H groups in total. The summed E-state index contributed by atoms with van der Waals surface area (Å²) in [5.74, 6) is -0.608. The van der Waals surface area contributed by atoms with Crippen LogP contribution in [0, 0.1) is 0 Å². The van der Waals surface area contributed by atoms with E-state index in [1.807, 2.05) is 0 Å². The first-order valence-electron chi connectivity index (χ1n) is 8.71. The second-order valence-corrected chi connectivity index (χ2v) is 7.87. The molecule has 0 aliphatic heterocycles. The number of sulfonamides is 1. The minimum Gasteiger partial charge on any atom is -0.507 e. The number of para-hydroxylation sites is 2. The summed E-state index contributed by atoms with van der Waals surface area (Å²) in [4.78, 5) is 12.5. The summed E-state index contributed by atoms with van der Waals surface area (Å²) in [6.45, 7) is -0.459. The highest BCUT2D eigenvalue weighted by atomic mass is 32.2. The quantitative estimate of drug-likeness (QED) is 0.463. The Labute approximate surface area is 169 Å². The summed E-state index contributed by atoms with van der Waals surface area (Å²) in [5.41, 5.74) is 3.07. The number of phenolic OH excluding ortho intramolecular Hbond substituents is 1. The van der Waals surface area contributed by atoms with Gasteiger partial charge in [-0.15, -0.1) is 0 Å². The number of benzene rings is 3. The smallest absolute Gasteiger partial charge is 0.264 e. The van der Waals surface area contributed by atoms with Crippen LogP contribution in [0.5, 0.6) is 5.75 Å². The van der Waals surface area contributed by atoms with Crippen molar-refractivity contribution in [2.24, 2.45) is 5.10 Å². The zero-order chi connectivity index (χ0) is 20.7.